The molecule has 8 nitrogen and oxygen atoms in total. The van der Waals surface area contributed by atoms with Crippen LogP contribution in [0.1, 0.15) is 32.4 Å². The summed E-state index contributed by atoms with van der Waals surface area (Å²) in [5.41, 5.74) is 1.69. The molecule has 0 aliphatic heterocycles. The summed E-state index contributed by atoms with van der Waals surface area (Å²) in [7, 11) is 0. The van der Waals surface area contributed by atoms with E-state index in [1.165, 1.54) is 0 Å². The Kier molecular flexibility index (Phi) is 4.59. The van der Waals surface area contributed by atoms with Gasteiger partial charge in [-0.1, -0.05) is 41.6 Å². The van der Waals surface area contributed by atoms with Crippen molar-refractivity contribution in [3.05, 3.63) is 83.6 Å². The number of anilines is 1. The molecule has 28 heavy (non-hydrogen) atoms. The first-order chi connectivity index (χ1) is 13.6. The normalized spacial score (nSPS) is 10.8. The maximum absolute atomic E-state index is 12.7. The maximum Gasteiger partial charge on any atom is 0.293 e. The van der Waals surface area contributed by atoms with Gasteiger partial charge >= 0.3 is 0 Å². The summed E-state index contributed by atoms with van der Waals surface area (Å²) in [5.74, 6) is 0.0936. The maximum atomic E-state index is 12.7. The number of fused-ring (bicyclic) bond motifs is 1. The van der Waals surface area contributed by atoms with Crippen molar-refractivity contribution in [1.29, 1.82) is 0 Å². The summed E-state index contributed by atoms with van der Waals surface area (Å²) >= 11 is 0. The van der Waals surface area contributed by atoms with E-state index in [0.29, 0.717) is 17.8 Å². The second kappa shape index (κ2) is 7.36. The van der Waals surface area contributed by atoms with Gasteiger partial charge < -0.3 is 15.2 Å². The van der Waals surface area contributed by atoms with Crippen LogP contribution in [0.25, 0.3) is 5.52 Å². The van der Waals surface area contributed by atoms with Crippen LogP contribution in [0, 0.1) is 6.92 Å². The molecule has 0 spiro atoms. The molecule has 0 radical (unpaired) electrons. The van der Waals surface area contributed by atoms with Gasteiger partial charge in [0.15, 0.2) is 11.5 Å². The molecular weight excluding hydrogens is 358 g/mol. The number of rotatable bonds is 5. The fourth-order valence-corrected chi connectivity index (χ4v) is 2.82. The van der Waals surface area contributed by atoms with Crippen molar-refractivity contribution in [3.63, 3.8) is 0 Å². The van der Waals surface area contributed by atoms with Gasteiger partial charge in [0.1, 0.15) is 5.76 Å². The number of benzene rings is 1. The molecule has 3 heterocycles. The van der Waals surface area contributed by atoms with Crippen molar-refractivity contribution in [2.24, 2.45) is 0 Å². The van der Waals surface area contributed by atoms with Crippen molar-refractivity contribution in [1.82, 2.24) is 19.9 Å². The van der Waals surface area contributed by atoms with Gasteiger partial charge in [0.05, 0.1) is 5.52 Å². The molecule has 0 unspecified atom stereocenters. The van der Waals surface area contributed by atoms with E-state index in [4.69, 9.17) is 4.52 Å². The molecule has 0 aliphatic carbocycles. The zero-order chi connectivity index (χ0) is 19.5. The average molecular weight is 375 g/mol. The molecule has 140 valence electrons. The third kappa shape index (κ3) is 3.48. The van der Waals surface area contributed by atoms with Crippen molar-refractivity contribution < 1.29 is 14.1 Å². The molecule has 8 heteroatoms. The van der Waals surface area contributed by atoms with E-state index >= 15 is 0 Å². The molecule has 0 saturated heterocycles. The van der Waals surface area contributed by atoms with Gasteiger partial charge in [0.25, 0.3) is 11.8 Å². The molecule has 1 aromatic carbocycles. The number of nitrogens with one attached hydrogen (secondary N) is 2. The number of hydrogen-bond donors (Lipinski definition) is 2. The van der Waals surface area contributed by atoms with Gasteiger partial charge in [-0.25, -0.2) is 4.98 Å². The van der Waals surface area contributed by atoms with E-state index < -0.39 is 5.91 Å². The molecule has 2 N–H and O–H groups in total. The third-order valence-corrected chi connectivity index (χ3v) is 4.13. The summed E-state index contributed by atoms with van der Waals surface area (Å²) < 4.78 is 6.52. The Balaban J connectivity index is 1.60. The topological polar surface area (TPSA) is 102 Å². The van der Waals surface area contributed by atoms with Crippen LogP contribution in [0.15, 0.2) is 65.3 Å². The number of nitrogens with zero attached hydrogens (tertiary/aromatic N) is 3. The Labute approximate surface area is 160 Å². The van der Waals surface area contributed by atoms with Crippen LogP contribution in [0.4, 0.5) is 5.82 Å². The second-order valence-corrected chi connectivity index (χ2v) is 6.19. The van der Waals surface area contributed by atoms with Crippen LogP contribution in [-0.4, -0.2) is 26.4 Å². The summed E-state index contributed by atoms with van der Waals surface area (Å²) in [6, 6.07) is 16.4. The van der Waals surface area contributed by atoms with Gasteiger partial charge in [-0.05, 0) is 24.6 Å². The van der Waals surface area contributed by atoms with Gasteiger partial charge in [-0.2, -0.15) is 0 Å². The van der Waals surface area contributed by atoms with E-state index in [2.05, 4.69) is 20.8 Å². The highest BCUT2D eigenvalue weighted by atomic mass is 16.5. The minimum Gasteiger partial charge on any atom is -0.360 e. The number of carbonyl (C=O) groups excluding carboxylic acids is 2. The largest absolute Gasteiger partial charge is 0.360 e. The van der Waals surface area contributed by atoms with Crippen LogP contribution < -0.4 is 10.6 Å². The summed E-state index contributed by atoms with van der Waals surface area (Å²) in [6.07, 6.45) is 1.68. The van der Waals surface area contributed by atoms with Gasteiger partial charge in [0, 0.05) is 18.8 Å². The highest BCUT2D eigenvalue weighted by Gasteiger charge is 2.22. The second-order valence-electron chi connectivity index (χ2n) is 6.19. The molecule has 0 fully saturated rings. The molecule has 2 amide bonds. The fourth-order valence-electron chi connectivity index (χ4n) is 2.82. The van der Waals surface area contributed by atoms with Crippen molar-refractivity contribution in [2.45, 2.75) is 13.5 Å². The number of aryl methyl sites for hydroxylation is 1. The van der Waals surface area contributed by atoms with Gasteiger partial charge in [-0.3, -0.25) is 14.0 Å². The molecule has 0 saturated carbocycles. The average Bonchev–Trinajstić information content (AvgIpc) is 3.30. The lowest BCUT2D eigenvalue weighted by atomic mass is 10.2. The lowest BCUT2D eigenvalue weighted by Crippen LogP contribution is -2.23. The predicted molar refractivity (Wildman–Crippen MR) is 102 cm³/mol. The third-order valence-electron chi connectivity index (χ3n) is 4.13. The molecule has 4 aromatic rings. The van der Waals surface area contributed by atoms with Crippen molar-refractivity contribution in [2.75, 3.05) is 5.32 Å². The fraction of sp³-hybridized carbons (Fsp3) is 0.100. The molecule has 4 rings (SSSR count). The SMILES string of the molecule is Cc1cc(NC(=O)c2nc(C(=O)NCc3ccccc3)c3ccccn23)no1. The van der Waals surface area contributed by atoms with Crippen LogP contribution in [-0.2, 0) is 6.54 Å². The molecular formula is C20H17N5O3. The Morgan fingerprint density at radius 2 is 1.86 bits per heavy atom. The zero-order valence-electron chi connectivity index (χ0n) is 15.0. The van der Waals surface area contributed by atoms with Crippen LogP contribution in [0.5, 0.6) is 0 Å². The van der Waals surface area contributed by atoms with Crippen molar-refractivity contribution >= 4 is 23.1 Å². The number of carbonyl (C=O) groups is 2. The predicted octanol–water partition coefficient (Wildman–Crippen LogP) is 2.81. The minimum atomic E-state index is -0.489. The highest BCUT2D eigenvalue weighted by molar-refractivity contribution is 6.05. The molecule has 3 aromatic heterocycles. The minimum absolute atomic E-state index is 0.0844. The molecule has 0 bridgehead atoms. The van der Waals surface area contributed by atoms with Gasteiger partial charge in [-0.15, -0.1) is 0 Å². The van der Waals surface area contributed by atoms with E-state index in [1.807, 2.05) is 30.3 Å². The zero-order valence-corrected chi connectivity index (χ0v) is 15.0. The van der Waals surface area contributed by atoms with E-state index in [9.17, 15) is 9.59 Å². The van der Waals surface area contributed by atoms with Crippen LogP contribution in [0.3, 0.4) is 0 Å². The summed E-state index contributed by atoms with van der Waals surface area (Å²) in [4.78, 5) is 29.6. The standard InChI is InChI=1S/C20H17N5O3/c1-13-11-16(24-28-13)22-20(27)18-23-17(15-9-5-6-10-25(15)18)19(26)21-12-14-7-3-2-4-8-14/h2-11H,12H2,1H3,(H,21,26)(H,22,24,27). The number of imidazole rings is 1. The lowest BCUT2D eigenvalue weighted by molar-refractivity contribution is 0.0948. The number of amides is 2. The number of aromatic nitrogens is 3. The monoisotopic (exact) mass is 375 g/mol. The Morgan fingerprint density at radius 1 is 1.07 bits per heavy atom. The first kappa shape index (κ1) is 17.5. The van der Waals surface area contributed by atoms with Crippen LogP contribution >= 0.6 is 0 Å². The smallest absolute Gasteiger partial charge is 0.293 e. The first-order valence-electron chi connectivity index (χ1n) is 8.65. The Hall–Kier alpha value is -3.94. The highest BCUT2D eigenvalue weighted by Crippen LogP contribution is 2.15. The van der Waals surface area contributed by atoms with E-state index in [1.54, 1.807) is 41.8 Å². The van der Waals surface area contributed by atoms with E-state index in [0.717, 1.165) is 5.56 Å². The number of pyridine rings is 1. The lowest BCUT2D eigenvalue weighted by Gasteiger charge is -2.03. The Bertz CT molecular complexity index is 1150. The van der Waals surface area contributed by atoms with Gasteiger partial charge in [0.2, 0.25) is 5.82 Å². The van der Waals surface area contributed by atoms with Crippen molar-refractivity contribution in [3.8, 4) is 0 Å². The molecule has 0 atom stereocenters. The first-order valence-corrected chi connectivity index (χ1v) is 8.65. The Morgan fingerprint density at radius 3 is 2.61 bits per heavy atom. The molecule has 0 aliphatic rings. The summed E-state index contributed by atoms with van der Waals surface area (Å²) in [5, 5.41) is 9.20. The number of hydrogen-bond acceptors (Lipinski definition) is 5. The summed E-state index contributed by atoms with van der Waals surface area (Å²) in [6.45, 7) is 2.09. The quantitative estimate of drug-likeness (QED) is 0.558. The van der Waals surface area contributed by atoms with E-state index in [-0.39, 0.29) is 23.2 Å². The van der Waals surface area contributed by atoms with Crippen LogP contribution in [0.2, 0.25) is 0 Å².